The van der Waals surface area contributed by atoms with Gasteiger partial charge in [-0.25, -0.2) is 4.98 Å². The molecule has 1 aromatic rings. The van der Waals surface area contributed by atoms with E-state index in [1.807, 2.05) is 4.90 Å². The molecule has 0 radical (unpaired) electrons. The molecule has 0 spiro atoms. The van der Waals surface area contributed by atoms with E-state index in [4.69, 9.17) is 0 Å². The lowest BCUT2D eigenvalue weighted by Gasteiger charge is -2.42. The van der Waals surface area contributed by atoms with Crippen molar-refractivity contribution in [2.45, 2.75) is 39.2 Å². The van der Waals surface area contributed by atoms with Crippen LogP contribution in [0.4, 0.5) is 0 Å². The van der Waals surface area contributed by atoms with Gasteiger partial charge in [-0.1, -0.05) is 6.92 Å². The molecule has 100 valence electrons. The Kier molecular flexibility index (Phi) is 3.65. The van der Waals surface area contributed by atoms with Gasteiger partial charge in [-0.15, -0.1) is 5.10 Å². The molecule has 0 aliphatic carbocycles. The van der Waals surface area contributed by atoms with Gasteiger partial charge in [-0.3, -0.25) is 9.89 Å². The zero-order valence-electron chi connectivity index (χ0n) is 11.3. The zero-order chi connectivity index (χ0) is 13.2. The lowest BCUT2D eigenvalue weighted by Crippen LogP contribution is -2.60. The van der Waals surface area contributed by atoms with Crippen LogP contribution in [-0.4, -0.2) is 51.2 Å². The lowest BCUT2D eigenvalue weighted by atomic mass is 10.00. The van der Waals surface area contributed by atoms with Crippen molar-refractivity contribution >= 4 is 5.91 Å². The van der Waals surface area contributed by atoms with Crippen molar-refractivity contribution in [3.05, 3.63) is 11.6 Å². The summed E-state index contributed by atoms with van der Waals surface area (Å²) in [6.45, 7) is 8.49. The highest BCUT2D eigenvalue weighted by molar-refractivity contribution is 5.91. The smallest absolute Gasteiger partial charge is 0.294 e. The van der Waals surface area contributed by atoms with Crippen LogP contribution in [0, 0.1) is 0 Å². The van der Waals surface area contributed by atoms with Gasteiger partial charge in [0.05, 0.1) is 5.54 Å². The number of hydrogen-bond acceptors (Lipinski definition) is 4. The molecule has 2 N–H and O–H groups in total. The second-order valence-electron chi connectivity index (χ2n) is 5.30. The average Bonchev–Trinajstić information content (AvgIpc) is 2.77. The van der Waals surface area contributed by atoms with Crippen LogP contribution in [0.25, 0.3) is 0 Å². The standard InChI is InChI=1S/C12H21N5O/c1-4-5-9-14-10(16-15-9)11(18)17-7-6-13-8-12(17,2)3/h13H,4-8H2,1-3H3,(H,14,15,16). The Hall–Kier alpha value is -1.43. The van der Waals surface area contributed by atoms with Crippen molar-refractivity contribution in [2.24, 2.45) is 0 Å². The van der Waals surface area contributed by atoms with E-state index < -0.39 is 0 Å². The van der Waals surface area contributed by atoms with Crippen molar-refractivity contribution in [3.8, 4) is 0 Å². The molecular weight excluding hydrogens is 230 g/mol. The molecule has 2 heterocycles. The fourth-order valence-corrected chi connectivity index (χ4v) is 2.22. The highest BCUT2D eigenvalue weighted by Crippen LogP contribution is 2.18. The number of H-pyrrole nitrogens is 1. The first-order valence-corrected chi connectivity index (χ1v) is 6.48. The number of carbonyl (C=O) groups is 1. The van der Waals surface area contributed by atoms with Crippen molar-refractivity contribution < 1.29 is 4.79 Å². The minimum Gasteiger partial charge on any atom is -0.328 e. The van der Waals surface area contributed by atoms with E-state index in [9.17, 15) is 4.79 Å². The molecule has 1 amide bonds. The van der Waals surface area contributed by atoms with Crippen LogP contribution in [0.1, 0.15) is 43.6 Å². The molecule has 18 heavy (non-hydrogen) atoms. The molecule has 0 atom stereocenters. The molecule has 0 saturated carbocycles. The van der Waals surface area contributed by atoms with Crippen LogP contribution < -0.4 is 5.32 Å². The maximum Gasteiger partial charge on any atom is 0.294 e. The molecule has 6 nitrogen and oxygen atoms in total. The van der Waals surface area contributed by atoms with Gasteiger partial charge in [0.25, 0.3) is 5.91 Å². The molecule has 1 fully saturated rings. The number of rotatable bonds is 3. The van der Waals surface area contributed by atoms with E-state index in [0.29, 0.717) is 6.54 Å². The zero-order valence-corrected chi connectivity index (χ0v) is 11.3. The summed E-state index contributed by atoms with van der Waals surface area (Å²) in [5, 5.41) is 10.2. The average molecular weight is 251 g/mol. The monoisotopic (exact) mass is 251 g/mol. The molecule has 2 rings (SSSR count). The van der Waals surface area contributed by atoms with E-state index in [-0.39, 0.29) is 17.3 Å². The number of aromatic nitrogens is 3. The molecule has 0 aromatic carbocycles. The summed E-state index contributed by atoms with van der Waals surface area (Å²) in [7, 11) is 0. The summed E-state index contributed by atoms with van der Waals surface area (Å²) in [6, 6.07) is 0. The number of nitrogens with zero attached hydrogens (tertiary/aromatic N) is 3. The highest BCUT2D eigenvalue weighted by atomic mass is 16.2. The second-order valence-corrected chi connectivity index (χ2v) is 5.30. The summed E-state index contributed by atoms with van der Waals surface area (Å²) in [4.78, 5) is 18.5. The first kappa shape index (κ1) is 13.0. The minimum atomic E-state index is -0.194. The van der Waals surface area contributed by atoms with E-state index in [1.54, 1.807) is 0 Å². The van der Waals surface area contributed by atoms with Gasteiger partial charge in [0.2, 0.25) is 5.82 Å². The van der Waals surface area contributed by atoms with Crippen LogP contribution in [0.2, 0.25) is 0 Å². The molecule has 6 heteroatoms. The van der Waals surface area contributed by atoms with Crippen LogP contribution in [0.3, 0.4) is 0 Å². The van der Waals surface area contributed by atoms with Gasteiger partial charge in [0.1, 0.15) is 5.82 Å². The normalized spacial score (nSPS) is 18.9. The van der Waals surface area contributed by atoms with Crippen molar-refractivity contribution in [2.75, 3.05) is 19.6 Å². The van der Waals surface area contributed by atoms with Crippen molar-refractivity contribution in [3.63, 3.8) is 0 Å². The first-order chi connectivity index (χ1) is 8.54. The van der Waals surface area contributed by atoms with Crippen molar-refractivity contribution in [1.82, 2.24) is 25.4 Å². The third kappa shape index (κ3) is 2.53. The largest absolute Gasteiger partial charge is 0.328 e. The fourth-order valence-electron chi connectivity index (χ4n) is 2.22. The fraction of sp³-hybridized carbons (Fsp3) is 0.750. The number of piperazine rings is 1. The predicted molar refractivity (Wildman–Crippen MR) is 68.4 cm³/mol. The SMILES string of the molecule is CCCc1nc(C(=O)N2CCNCC2(C)C)n[nH]1. The number of aryl methyl sites for hydroxylation is 1. The van der Waals surface area contributed by atoms with Gasteiger partial charge in [-0.2, -0.15) is 0 Å². The summed E-state index contributed by atoms with van der Waals surface area (Å²) in [5.41, 5.74) is -0.194. The Balaban J connectivity index is 2.14. The third-order valence-corrected chi connectivity index (χ3v) is 3.26. The van der Waals surface area contributed by atoms with Crippen LogP contribution in [-0.2, 0) is 6.42 Å². The third-order valence-electron chi connectivity index (χ3n) is 3.26. The Bertz CT molecular complexity index is 426. The Morgan fingerprint density at radius 3 is 2.94 bits per heavy atom. The van der Waals surface area contributed by atoms with Gasteiger partial charge in [0, 0.05) is 26.1 Å². The minimum absolute atomic E-state index is 0.0832. The maximum absolute atomic E-state index is 12.4. The van der Waals surface area contributed by atoms with E-state index in [2.05, 4.69) is 41.3 Å². The quantitative estimate of drug-likeness (QED) is 0.824. The number of aromatic amines is 1. The molecule has 1 aromatic heterocycles. The maximum atomic E-state index is 12.4. The van der Waals surface area contributed by atoms with E-state index >= 15 is 0 Å². The van der Waals surface area contributed by atoms with Gasteiger partial charge in [-0.05, 0) is 20.3 Å². The first-order valence-electron chi connectivity index (χ1n) is 6.48. The molecule has 0 bridgehead atoms. The Morgan fingerprint density at radius 2 is 2.28 bits per heavy atom. The van der Waals surface area contributed by atoms with Crippen molar-refractivity contribution in [1.29, 1.82) is 0 Å². The Labute approximate surface area is 107 Å². The van der Waals surface area contributed by atoms with E-state index in [0.717, 1.165) is 31.8 Å². The number of amides is 1. The molecular formula is C12H21N5O. The molecule has 1 saturated heterocycles. The number of carbonyl (C=O) groups excluding carboxylic acids is 1. The summed E-state index contributed by atoms with van der Waals surface area (Å²) >= 11 is 0. The van der Waals surface area contributed by atoms with E-state index in [1.165, 1.54) is 0 Å². The Morgan fingerprint density at radius 1 is 1.50 bits per heavy atom. The van der Waals surface area contributed by atoms with Crippen LogP contribution in [0.5, 0.6) is 0 Å². The predicted octanol–water partition coefficient (Wildman–Crippen LogP) is 0.581. The highest BCUT2D eigenvalue weighted by Gasteiger charge is 2.35. The van der Waals surface area contributed by atoms with Gasteiger partial charge in [0.15, 0.2) is 0 Å². The number of nitrogens with one attached hydrogen (secondary N) is 2. The second kappa shape index (κ2) is 5.06. The summed E-state index contributed by atoms with van der Waals surface area (Å²) in [6.07, 6.45) is 1.81. The topological polar surface area (TPSA) is 73.9 Å². The summed E-state index contributed by atoms with van der Waals surface area (Å²) in [5.74, 6) is 0.988. The van der Waals surface area contributed by atoms with Gasteiger partial charge >= 0.3 is 0 Å². The summed E-state index contributed by atoms with van der Waals surface area (Å²) < 4.78 is 0. The number of hydrogen-bond donors (Lipinski definition) is 2. The molecule has 1 aliphatic heterocycles. The van der Waals surface area contributed by atoms with Crippen LogP contribution in [0.15, 0.2) is 0 Å². The lowest BCUT2D eigenvalue weighted by molar-refractivity contribution is 0.0465. The molecule has 1 aliphatic rings. The molecule has 0 unspecified atom stereocenters. The van der Waals surface area contributed by atoms with Crippen LogP contribution >= 0.6 is 0 Å². The van der Waals surface area contributed by atoms with Gasteiger partial charge < -0.3 is 10.2 Å².